The van der Waals surface area contributed by atoms with Crippen LogP contribution in [-0.4, -0.2) is 27.7 Å². The van der Waals surface area contributed by atoms with Crippen molar-refractivity contribution in [2.45, 2.75) is 6.92 Å². The lowest BCUT2D eigenvalue weighted by atomic mass is 10.2. The first-order chi connectivity index (χ1) is 10.8. The Balaban J connectivity index is 1.69. The molecule has 1 amide bonds. The molecule has 22 heavy (non-hydrogen) atoms. The van der Waals surface area contributed by atoms with Crippen molar-refractivity contribution < 1.29 is 9.53 Å². The molecular formula is C16H16N4O2. The molecule has 1 aromatic carbocycles. The van der Waals surface area contributed by atoms with E-state index in [2.05, 4.69) is 20.5 Å². The first-order valence-electron chi connectivity index (χ1n) is 6.99. The number of H-pyrrole nitrogens is 2. The van der Waals surface area contributed by atoms with Crippen molar-refractivity contribution in [2.24, 2.45) is 0 Å². The van der Waals surface area contributed by atoms with Crippen molar-refractivity contribution in [1.82, 2.24) is 15.2 Å². The molecule has 0 atom stereocenters. The summed E-state index contributed by atoms with van der Waals surface area (Å²) < 4.78 is 5.36. The smallest absolute Gasteiger partial charge is 0.273 e. The maximum absolute atomic E-state index is 12.2. The second kappa shape index (κ2) is 6.17. The largest absolute Gasteiger partial charge is 0.494 e. The second-order valence-electron chi connectivity index (χ2n) is 4.66. The number of amides is 1. The van der Waals surface area contributed by atoms with Gasteiger partial charge in [-0.3, -0.25) is 9.89 Å². The van der Waals surface area contributed by atoms with Gasteiger partial charge in [0.25, 0.3) is 5.91 Å². The highest BCUT2D eigenvalue weighted by Gasteiger charge is 2.11. The minimum absolute atomic E-state index is 0.241. The van der Waals surface area contributed by atoms with E-state index in [-0.39, 0.29) is 5.91 Å². The molecule has 0 bridgehead atoms. The van der Waals surface area contributed by atoms with Gasteiger partial charge in [0.05, 0.1) is 12.3 Å². The normalized spacial score (nSPS) is 10.4. The summed E-state index contributed by atoms with van der Waals surface area (Å²) in [6.45, 7) is 2.54. The third-order valence-corrected chi connectivity index (χ3v) is 3.12. The fourth-order valence-electron chi connectivity index (χ4n) is 2.07. The van der Waals surface area contributed by atoms with E-state index in [1.165, 1.54) is 0 Å². The van der Waals surface area contributed by atoms with Crippen molar-refractivity contribution in [2.75, 3.05) is 11.9 Å². The van der Waals surface area contributed by atoms with E-state index in [0.717, 1.165) is 11.4 Å². The number of carbonyl (C=O) groups is 1. The van der Waals surface area contributed by atoms with Crippen LogP contribution < -0.4 is 10.1 Å². The molecule has 0 aliphatic rings. The molecule has 0 radical (unpaired) electrons. The van der Waals surface area contributed by atoms with Crippen molar-refractivity contribution >= 4 is 11.6 Å². The molecule has 3 aromatic rings. The third-order valence-electron chi connectivity index (χ3n) is 3.12. The summed E-state index contributed by atoms with van der Waals surface area (Å²) in [4.78, 5) is 15.2. The van der Waals surface area contributed by atoms with Gasteiger partial charge in [-0.2, -0.15) is 5.10 Å². The molecule has 0 saturated carbocycles. The average molecular weight is 296 g/mol. The van der Waals surface area contributed by atoms with Gasteiger partial charge in [-0.15, -0.1) is 0 Å². The lowest BCUT2D eigenvalue weighted by Gasteiger charge is -2.05. The number of nitrogens with one attached hydrogen (secondary N) is 3. The summed E-state index contributed by atoms with van der Waals surface area (Å²) in [5, 5.41) is 9.67. The highest BCUT2D eigenvalue weighted by atomic mass is 16.5. The zero-order valence-electron chi connectivity index (χ0n) is 12.1. The molecule has 0 spiro atoms. The van der Waals surface area contributed by atoms with Crippen LogP contribution in [0.5, 0.6) is 5.75 Å². The molecule has 0 aliphatic carbocycles. The van der Waals surface area contributed by atoms with Crippen LogP contribution in [0.1, 0.15) is 17.4 Å². The highest BCUT2D eigenvalue weighted by Crippen LogP contribution is 2.18. The number of benzene rings is 1. The van der Waals surface area contributed by atoms with E-state index in [1.54, 1.807) is 18.2 Å². The van der Waals surface area contributed by atoms with E-state index in [9.17, 15) is 4.79 Å². The number of anilines is 1. The van der Waals surface area contributed by atoms with E-state index >= 15 is 0 Å². The van der Waals surface area contributed by atoms with Gasteiger partial charge in [0, 0.05) is 11.9 Å². The molecule has 2 heterocycles. The van der Waals surface area contributed by atoms with Gasteiger partial charge >= 0.3 is 0 Å². The minimum atomic E-state index is -0.241. The van der Waals surface area contributed by atoms with Crippen LogP contribution in [-0.2, 0) is 0 Å². The van der Waals surface area contributed by atoms with Crippen LogP contribution >= 0.6 is 0 Å². The zero-order valence-corrected chi connectivity index (χ0v) is 12.1. The summed E-state index contributed by atoms with van der Waals surface area (Å²) in [5.41, 5.74) is 2.65. The van der Waals surface area contributed by atoms with Gasteiger partial charge in [0.1, 0.15) is 17.1 Å². The second-order valence-corrected chi connectivity index (χ2v) is 4.66. The third kappa shape index (κ3) is 3.01. The number of aromatic nitrogens is 3. The Morgan fingerprint density at radius 2 is 2.09 bits per heavy atom. The van der Waals surface area contributed by atoms with E-state index in [0.29, 0.717) is 23.7 Å². The summed E-state index contributed by atoms with van der Waals surface area (Å²) in [6.07, 6.45) is 1.81. The van der Waals surface area contributed by atoms with Crippen molar-refractivity contribution in [3.05, 3.63) is 54.4 Å². The number of aromatic amines is 2. The summed E-state index contributed by atoms with van der Waals surface area (Å²) in [7, 11) is 0. The summed E-state index contributed by atoms with van der Waals surface area (Å²) >= 11 is 0. The molecular weight excluding hydrogens is 280 g/mol. The van der Waals surface area contributed by atoms with E-state index in [1.807, 2.05) is 37.4 Å². The molecule has 0 fully saturated rings. The predicted octanol–water partition coefficient (Wildman–Crippen LogP) is 3.06. The molecule has 0 saturated heterocycles. The monoisotopic (exact) mass is 296 g/mol. The van der Waals surface area contributed by atoms with Gasteiger partial charge < -0.3 is 15.0 Å². The van der Waals surface area contributed by atoms with Crippen LogP contribution in [0.15, 0.2) is 48.7 Å². The first-order valence-corrected chi connectivity index (χ1v) is 6.99. The SMILES string of the molecule is CCOc1ccc(NC(=O)c2cc(-c3ccc[nH]3)n[nH]2)cc1. The highest BCUT2D eigenvalue weighted by molar-refractivity contribution is 6.03. The quantitative estimate of drug-likeness (QED) is 0.676. The topological polar surface area (TPSA) is 82.8 Å². The fourth-order valence-corrected chi connectivity index (χ4v) is 2.07. The number of ether oxygens (including phenoxy) is 1. The average Bonchev–Trinajstić information content (AvgIpc) is 3.20. The number of rotatable bonds is 5. The van der Waals surface area contributed by atoms with Crippen molar-refractivity contribution in [3.63, 3.8) is 0 Å². The fraction of sp³-hybridized carbons (Fsp3) is 0.125. The maximum atomic E-state index is 12.2. The standard InChI is InChI=1S/C16H16N4O2/c1-2-22-12-7-5-11(6-8-12)18-16(21)15-10-14(19-20-15)13-4-3-9-17-13/h3-10,17H,2H2,1H3,(H,18,21)(H,19,20). The lowest BCUT2D eigenvalue weighted by Crippen LogP contribution is -2.12. The number of nitrogens with zero attached hydrogens (tertiary/aromatic N) is 1. The molecule has 6 nitrogen and oxygen atoms in total. The van der Waals surface area contributed by atoms with Crippen LogP contribution in [0.2, 0.25) is 0 Å². The lowest BCUT2D eigenvalue weighted by molar-refractivity contribution is 0.102. The van der Waals surface area contributed by atoms with Gasteiger partial charge in [0.15, 0.2) is 0 Å². The summed E-state index contributed by atoms with van der Waals surface area (Å²) in [5.74, 6) is 0.533. The number of hydrogen-bond donors (Lipinski definition) is 3. The van der Waals surface area contributed by atoms with Gasteiger partial charge in [-0.25, -0.2) is 0 Å². The van der Waals surface area contributed by atoms with E-state index < -0.39 is 0 Å². The van der Waals surface area contributed by atoms with Gasteiger partial charge in [-0.1, -0.05) is 0 Å². The maximum Gasteiger partial charge on any atom is 0.273 e. The van der Waals surface area contributed by atoms with Crippen LogP contribution in [0, 0.1) is 0 Å². The van der Waals surface area contributed by atoms with Crippen LogP contribution in [0.25, 0.3) is 11.4 Å². The van der Waals surface area contributed by atoms with Crippen molar-refractivity contribution in [1.29, 1.82) is 0 Å². The molecule has 2 aromatic heterocycles. The Labute approximate surface area is 127 Å². The molecule has 6 heteroatoms. The Morgan fingerprint density at radius 1 is 1.27 bits per heavy atom. The Kier molecular flexibility index (Phi) is 3.91. The molecule has 0 unspecified atom stereocenters. The molecule has 3 rings (SSSR count). The van der Waals surface area contributed by atoms with Crippen LogP contribution in [0.3, 0.4) is 0 Å². The zero-order chi connectivity index (χ0) is 15.4. The number of hydrogen-bond acceptors (Lipinski definition) is 3. The minimum Gasteiger partial charge on any atom is -0.494 e. The Hall–Kier alpha value is -3.02. The van der Waals surface area contributed by atoms with Crippen molar-refractivity contribution in [3.8, 4) is 17.1 Å². The van der Waals surface area contributed by atoms with E-state index in [4.69, 9.17) is 4.74 Å². The van der Waals surface area contributed by atoms with Gasteiger partial charge in [0.2, 0.25) is 0 Å². The Morgan fingerprint density at radius 3 is 2.77 bits per heavy atom. The first kappa shape index (κ1) is 13.9. The number of carbonyl (C=O) groups excluding carboxylic acids is 1. The van der Waals surface area contributed by atoms with Crippen LogP contribution in [0.4, 0.5) is 5.69 Å². The Bertz CT molecular complexity index is 745. The predicted molar refractivity (Wildman–Crippen MR) is 83.9 cm³/mol. The van der Waals surface area contributed by atoms with Gasteiger partial charge in [-0.05, 0) is 49.4 Å². The molecule has 0 aliphatic heterocycles. The molecule has 112 valence electrons. The molecule has 3 N–H and O–H groups in total. The summed E-state index contributed by atoms with van der Waals surface area (Å²) in [6, 6.07) is 12.7.